The summed E-state index contributed by atoms with van der Waals surface area (Å²) in [5.41, 5.74) is -7.09. The Hall–Kier alpha value is -2.42. The molecule has 9 nitrogen and oxygen atoms in total. The summed E-state index contributed by atoms with van der Waals surface area (Å²) in [4.78, 5) is 36.0. The van der Waals surface area contributed by atoms with E-state index in [1.165, 1.54) is 0 Å². The van der Waals surface area contributed by atoms with Crippen molar-refractivity contribution in [3.63, 3.8) is 0 Å². The lowest BCUT2D eigenvalue weighted by Gasteiger charge is -2.47. The predicted octanol–water partition coefficient (Wildman–Crippen LogP) is 5.28. The average molecular weight is 762 g/mol. The molecule has 0 spiro atoms. The lowest BCUT2D eigenvalue weighted by Crippen LogP contribution is -2.71. The third kappa shape index (κ3) is 8.23. The minimum atomic E-state index is -7.64. The monoisotopic (exact) mass is 762 g/mol. The van der Waals surface area contributed by atoms with Crippen molar-refractivity contribution in [1.29, 1.82) is 0 Å². The van der Waals surface area contributed by atoms with Gasteiger partial charge in [-0.2, -0.15) is 74.6 Å². The Kier molecular flexibility index (Phi) is 10.6. The van der Waals surface area contributed by atoms with Crippen molar-refractivity contribution in [2.24, 2.45) is 5.41 Å². The van der Waals surface area contributed by atoms with Gasteiger partial charge in [-0.1, -0.05) is 0 Å². The van der Waals surface area contributed by atoms with Crippen molar-refractivity contribution in [3.8, 4) is 0 Å². The van der Waals surface area contributed by atoms with E-state index in [2.05, 4.69) is 28.4 Å². The smallest absolute Gasteiger partial charge is 0.373 e. The first-order valence-electron chi connectivity index (χ1n) is 13.0. The van der Waals surface area contributed by atoms with E-state index in [1.54, 1.807) is 0 Å². The molecule has 3 rings (SSSR count). The number of Topliss-reactive ketones (excluding diaryl/α,β-unsaturated/α-hetero) is 3. The zero-order chi connectivity index (χ0) is 38.0. The van der Waals surface area contributed by atoms with Gasteiger partial charge in [-0.3, -0.25) is 28.6 Å². The van der Waals surface area contributed by atoms with Gasteiger partial charge in [0.1, 0.15) is 0 Å². The predicted molar refractivity (Wildman–Crippen MR) is 114 cm³/mol. The van der Waals surface area contributed by atoms with Crippen LogP contribution in [0.4, 0.5) is 74.6 Å². The minimum absolute atomic E-state index is 0.520. The lowest BCUT2D eigenvalue weighted by molar-refractivity contribution is -0.536. The molecule has 3 fully saturated rings. The Morgan fingerprint density at radius 3 is 1.14 bits per heavy atom. The van der Waals surface area contributed by atoms with Gasteiger partial charge in [0.05, 0.1) is 38.1 Å². The lowest BCUT2D eigenvalue weighted by atomic mass is 9.84. The van der Waals surface area contributed by atoms with Crippen LogP contribution in [0.3, 0.4) is 0 Å². The molecule has 284 valence electrons. The van der Waals surface area contributed by atoms with Crippen LogP contribution in [-0.2, 0) is 42.8 Å². The SMILES string of the molecule is CC(C(F)(F)OC(C(=O)CC1CO1)C(F)(F)F)(C(F)(F)OC(F)(C(=O)CC1CO1)C(F)(F)F)C(F)(F)OC(F)(C(=O)CC1CO1)C(F)(F)F. The quantitative estimate of drug-likeness (QED) is 0.136. The Labute approximate surface area is 260 Å². The zero-order valence-electron chi connectivity index (χ0n) is 23.7. The van der Waals surface area contributed by atoms with Crippen molar-refractivity contribution >= 4 is 17.3 Å². The third-order valence-electron chi connectivity index (χ3n) is 7.05. The van der Waals surface area contributed by atoms with Gasteiger partial charge >= 0.3 is 48.6 Å². The molecule has 6 unspecified atom stereocenters. The summed E-state index contributed by atoms with van der Waals surface area (Å²) in [6.45, 7) is -3.46. The average Bonchev–Trinajstić information content (AvgIpc) is 3.72. The van der Waals surface area contributed by atoms with Gasteiger partial charge in [0.25, 0.3) is 0 Å². The van der Waals surface area contributed by atoms with Gasteiger partial charge in [0, 0.05) is 19.3 Å². The maximum absolute atomic E-state index is 15.5. The van der Waals surface area contributed by atoms with Gasteiger partial charge in [-0.25, -0.2) is 0 Å². The van der Waals surface area contributed by atoms with Crippen LogP contribution in [0.15, 0.2) is 0 Å². The summed E-state index contributed by atoms with van der Waals surface area (Å²) >= 11 is 0. The van der Waals surface area contributed by atoms with E-state index in [4.69, 9.17) is 0 Å². The standard InChI is InChI=1S/C23H19F17O9/c1-15(21(35,36)47-14(18(26,27)28)11(41)2-8-5-44-8,22(37,38)48-16(24,19(29,30)31)12(42)3-9-6-45-9)23(39,40)49-17(25,20(32,33)34)13(43)4-10-7-46-10/h8-10,14H,2-7H2,1H3. The number of hydrogen-bond donors (Lipinski definition) is 0. The van der Waals surface area contributed by atoms with Crippen LogP contribution < -0.4 is 0 Å². The number of rotatable bonds is 18. The molecule has 0 aromatic rings. The first-order valence-corrected chi connectivity index (χ1v) is 13.0. The third-order valence-corrected chi connectivity index (χ3v) is 7.05. The van der Waals surface area contributed by atoms with E-state index < -0.39 is 142 Å². The highest BCUT2D eigenvalue weighted by molar-refractivity contribution is 5.88. The molecule has 0 aromatic carbocycles. The summed E-state index contributed by atoms with van der Waals surface area (Å²) in [6, 6.07) is 0. The first kappa shape index (κ1) is 41.0. The molecule has 0 radical (unpaired) electrons. The number of ether oxygens (including phenoxy) is 6. The Morgan fingerprint density at radius 1 is 0.571 bits per heavy atom. The molecule has 3 saturated heterocycles. The number of carbonyl (C=O) groups excluding carboxylic acids is 3. The molecule has 26 heteroatoms. The van der Waals surface area contributed by atoms with Crippen LogP contribution in [0.5, 0.6) is 0 Å². The second-order valence-corrected chi connectivity index (χ2v) is 10.9. The van der Waals surface area contributed by atoms with E-state index >= 15 is 35.1 Å². The van der Waals surface area contributed by atoms with Gasteiger partial charge in [0.15, 0.2) is 5.78 Å². The summed E-state index contributed by atoms with van der Waals surface area (Å²) in [7, 11) is 0. The fraction of sp³-hybridized carbons (Fsp3) is 0.870. The maximum atomic E-state index is 15.5. The van der Waals surface area contributed by atoms with E-state index in [9.17, 15) is 53.9 Å². The van der Waals surface area contributed by atoms with Crippen molar-refractivity contribution in [2.45, 2.75) is 99.2 Å². The van der Waals surface area contributed by atoms with Gasteiger partial charge in [-0.05, 0) is 6.92 Å². The molecule has 0 aliphatic carbocycles. The fourth-order valence-corrected chi connectivity index (χ4v) is 3.76. The second kappa shape index (κ2) is 12.7. The Balaban J connectivity index is 2.23. The highest BCUT2D eigenvalue weighted by Crippen LogP contribution is 2.62. The van der Waals surface area contributed by atoms with Crippen molar-refractivity contribution in [3.05, 3.63) is 0 Å². The maximum Gasteiger partial charge on any atom is 0.456 e. The van der Waals surface area contributed by atoms with Crippen molar-refractivity contribution in [2.75, 3.05) is 19.8 Å². The number of epoxide rings is 3. The van der Waals surface area contributed by atoms with Crippen LogP contribution in [0.2, 0.25) is 0 Å². The highest BCUT2D eigenvalue weighted by atomic mass is 19.4. The van der Waals surface area contributed by atoms with Crippen LogP contribution in [0.1, 0.15) is 26.2 Å². The van der Waals surface area contributed by atoms with Crippen LogP contribution in [0.25, 0.3) is 0 Å². The number of alkyl halides is 17. The van der Waals surface area contributed by atoms with E-state index in [0.717, 1.165) is 0 Å². The fourth-order valence-electron chi connectivity index (χ4n) is 3.76. The molecule has 0 aromatic heterocycles. The van der Waals surface area contributed by atoms with Crippen LogP contribution >= 0.6 is 0 Å². The second-order valence-electron chi connectivity index (χ2n) is 10.9. The number of carbonyl (C=O) groups is 3. The molecular formula is C23H19F17O9. The van der Waals surface area contributed by atoms with E-state index in [0.29, 0.717) is 0 Å². The molecule has 0 amide bonds. The summed E-state index contributed by atoms with van der Waals surface area (Å²) in [6.07, 6.45) is -58.6. The molecule has 3 aliphatic rings. The van der Waals surface area contributed by atoms with Gasteiger partial charge < -0.3 is 14.2 Å². The van der Waals surface area contributed by atoms with E-state index in [-0.39, 0.29) is 0 Å². The Bertz CT molecular complexity index is 1210. The molecule has 3 aliphatic heterocycles. The molecule has 3 heterocycles. The molecule has 0 bridgehead atoms. The summed E-state index contributed by atoms with van der Waals surface area (Å²) in [5.74, 6) is -22.5. The molecule has 0 N–H and O–H groups in total. The normalized spacial score (nSPS) is 26.2. The number of ketones is 3. The van der Waals surface area contributed by atoms with Gasteiger partial charge in [-0.15, -0.1) is 0 Å². The Morgan fingerprint density at radius 2 is 0.878 bits per heavy atom. The minimum Gasteiger partial charge on any atom is -0.373 e. The first-order chi connectivity index (χ1) is 21.8. The largest absolute Gasteiger partial charge is 0.456 e. The van der Waals surface area contributed by atoms with Crippen molar-refractivity contribution < 1.29 is 117 Å². The van der Waals surface area contributed by atoms with E-state index in [1.807, 2.05) is 0 Å². The van der Waals surface area contributed by atoms with Crippen molar-refractivity contribution in [1.82, 2.24) is 0 Å². The van der Waals surface area contributed by atoms with Crippen LogP contribution in [0, 0.1) is 5.41 Å². The summed E-state index contributed by atoms with van der Waals surface area (Å²) in [5, 5.41) is 0. The van der Waals surface area contributed by atoms with Crippen LogP contribution in [-0.4, -0.2) is 110 Å². The highest BCUT2D eigenvalue weighted by Gasteiger charge is 2.86. The molecule has 6 atom stereocenters. The molecule has 0 saturated carbocycles. The number of hydrogen-bond acceptors (Lipinski definition) is 9. The van der Waals surface area contributed by atoms with Gasteiger partial charge in [0.2, 0.25) is 23.1 Å². The number of halogens is 17. The topological polar surface area (TPSA) is 116 Å². The molecule has 49 heavy (non-hydrogen) atoms. The molecular weight excluding hydrogens is 743 g/mol. The zero-order valence-corrected chi connectivity index (χ0v) is 23.7. The summed E-state index contributed by atoms with van der Waals surface area (Å²) < 4.78 is 266.